The van der Waals surface area contributed by atoms with Crippen LogP contribution in [-0.4, -0.2) is 32.5 Å². The highest BCUT2D eigenvalue weighted by Crippen LogP contribution is 2.29. The molecule has 2 aromatic heterocycles. The number of anilines is 3. The first-order valence-corrected chi connectivity index (χ1v) is 10.0. The molecule has 1 aromatic carbocycles. The molecule has 3 heterocycles. The minimum atomic E-state index is -0.361. The number of carbonyl (C=O) groups is 2. The number of hydrogen-bond donors (Lipinski definition) is 3. The van der Waals surface area contributed by atoms with Crippen molar-refractivity contribution < 1.29 is 9.59 Å². The fraction of sp³-hybridized carbons (Fsp3) is 0.273. The van der Waals surface area contributed by atoms with E-state index < -0.39 is 0 Å². The molecule has 30 heavy (non-hydrogen) atoms. The molecule has 1 saturated heterocycles. The van der Waals surface area contributed by atoms with E-state index in [-0.39, 0.29) is 18.2 Å². The molecule has 0 radical (unpaired) electrons. The van der Waals surface area contributed by atoms with Crippen LogP contribution in [0, 0.1) is 13.8 Å². The van der Waals surface area contributed by atoms with Crippen molar-refractivity contribution in [2.24, 2.45) is 0 Å². The molecular weight excluding hydrogens is 380 g/mol. The average Bonchev–Trinajstić information content (AvgIpc) is 3.34. The number of nitrogens with one attached hydrogen (secondary N) is 3. The second kappa shape index (κ2) is 6.98. The predicted molar refractivity (Wildman–Crippen MR) is 115 cm³/mol. The Morgan fingerprint density at radius 2 is 2.03 bits per heavy atom. The van der Waals surface area contributed by atoms with Gasteiger partial charge in [-0.3, -0.25) is 14.9 Å². The second-order valence-electron chi connectivity index (χ2n) is 7.95. The molecule has 1 aliphatic carbocycles. The van der Waals surface area contributed by atoms with Gasteiger partial charge in [0.25, 0.3) is 5.91 Å². The number of carbonyl (C=O) groups excluding carboxylic acids is 2. The molecule has 3 N–H and O–H groups in total. The van der Waals surface area contributed by atoms with Gasteiger partial charge >= 0.3 is 0 Å². The Bertz CT molecular complexity index is 1220. The van der Waals surface area contributed by atoms with Crippen LogP contribution in [0.15, 0.2) is 36.0 Å². The Kier molecular flexibility index (Phi) is 4.27. The van der Waals surface area contributed by atoms with Crippen LogP contribution in [0.3, 0.4) is 0 Å². The van der Waals surface area contributed by atoms with Gasteiger partial charge in [0.1, 0.15) is 11.6 Å². The van der Waals surface area contributed by atoms with Gasteiger partial charge in [-0.25, -0.2) is 4.98 Å². The third-order valence-electron chi connectivity index (χ3n) is 5.31. The maximum absolute atomic E-state index is 12.0. The maximum atomic E-state index is 12.0. The molecule has 152 valence electrons. The van der Waals surface area contributed by atoms with Crippen molar-refractivity contribution in [1.82, 2.24) is 19.9 Å². The number of hydrogen-bond acceptors (Lipinski definition) is 6. The summed E-state index contributed by atoms with van der Waals surface area (Å²) in [5.74, 6) is 0.878. The van der Waals surface area contributed by atoms with Gasteiger partial charge < -0.3 is 10.6 Å². The number of benzene rings is 1. The fourth-order valence-corrected chi connectivity index (χ4v) is 3.50. The highest BCUT2D eigenvalue weighted by atomic mass is 16.2. The summed E-state index contributed by atoms with van der Waals surface area (Å²) in [7, 11) is 0. The topological polar surface area (TPSA) is 100 Å². The van der Waals surface area contributed by atoms with Crippen molar-refractivity contribution in [1.29, 1.82) is 0 Å². The summed E-state index contributed by atoms with van der Waals surface area (Å²) in [6.07, 6.45) is 5.70. The molecular formula is C22H22N6O2. The van der Waals surface area contributed by atoms with Crippen LogP contribution in [-0.2, 0) is 9.59 Å². The molecule has 3 aromatic rings. The lowest BCUT2D eigenvalue weighted by Crippen LogP contribution is -2.19. The van der Waals surface area contributed by atoms with Crippen molar-refractivity contribution in [3.8, 4) is 0 Å². The molecule has 1 aliphatic heterocycles. The van der Waals surface area contributed by atoms with E-state index in [0.29, 0.717) is 28.6 Å². The lowest BCUT2D eigenvalue weighted by molar-refractivity contribution is -0.124. The Hall–Kier alpha value is -3.68. The summed E-state index contributed by atoms with van der Waals surface area (Å²) >= 11 is 0. The molecule has 2 amide bonds. The fourth-order valence-electron chi connectivity index (χ4n) is 3.50. The molecule has 8 heteroatoms. The summed E-state index contributed by atoms with van der Waals surface area (Å²) in [6, 6.07) is 8.62. The minimum absolute atomic E-state index is 0.0732. The molecule has 1 saturated carbocycles. The van der Waals surface area contributed by atoms with Crippen LogP contribution in [0.1, 0.15) is 36.0 Å². The third-order valence-corrected chi connectivity index (χ3v) is 5.31. The van der Waals surface area contributed by atoms with Gasteiger partial charge in [-0.2, -0.15) is 9.61 Å². The number of aryl methyl sites for hydroxylation is 2. The van der Waals surface area contributed by atoms with Crippen LogP contribution in [0.5, 0.6) is 0 Å². The highest BCUT2D eigenvalue weighted by Gasteiger charge is 2.25. The third kappa shape index (κ3) is 3.52. The van der Waals surface area contributed by atoms with E-state index in [4.69, 9.17) is 4.98 Å². The van der Waals surface area contributed by atoms with E-state index in [1.54, 1.807) is 16.8 Å². The Labute approximate surface area is 173 Å². The SMILES string of the molecule is Cc1ccc(C)c(Nc2cc(NC3CC3)n3ncc(C=C4CC(=O)NC4=O)c3n2)c1. The molecule has 2 aliphatic rings. The smallest absolute Gasteiger partial charge is 0.254 e. The second-order valence-corrected chi connectivity index (χ2v) is 7.95. The van der Waals surface area contributed by atoms with Crippen LogP contribution >= 0.6 is 0 Å². The summed E-state index contributed by atoms with van der Waals surface area (Å²) in [5, 5.41) is 13.7. The average molecular weight is 402 g/mol. The Balaban J connectivity index is 1.59. The molecule has 0 unspecified atom stereocenters. The van der Waals surface area contributed by atoms with Gasteiger partial charge in [0.15, 0.2) is 5.65 Å². The highest BCUT2D eigenvalue weighted by molar-refractivity contribution is 6.15. The van der Waals surface area contributed by atoms with Gasteiger partial charge in [-0.05, 0) is 50.0 Å². The maximum Gasteiger partial charge on any atom is 0.254 e. The summed E-state index contributed by atoms with van der Waals surface area (Å²) in [6.45, 7) is 4.10. The Morgan fingerprint density at radius 3 is 2.77 bits per heavy atom. The summed E-state index contributed by atoms with van der Waals surface area (Å²) in [4.78, 5) is 28.3. The first-order chi connectivity index (χ1) is 14.5. The Morgan fingerprint density at radius 1 is 1.20 bits per heavy atom. The van der Waals surface area contributed by atoms with Crippen LogP contribution in [0.25, 0.3) is 11.7 Å². The number of nitrogens with zero attached hydrogens (tertiary/aromatic N) is 3. The molecule has 8 nitrogen and oxygen atoms in total. The van der Waals surface area contributed by atoms with E-state index in [1.165, 1.54) is 0 Å². The van der Waals surface area contributed by atoms with E-state index in [2.05, 4.69) is 46.2 Å². The van der Waals surface area contributed by atoms with Crippen molar-refractivity contribution in [2.45, 2.75) is 39.2 Å². The van der Waals surface area contributed by atoms with Crippen molar-refractivity contribution in [3.05, 3.63) is 52.7 Å². The zero-order valence-corrected chi connectivity index (χ0v) is 16.8. The zero-order chi connectivity index (χ0) is 20.8. The number of imide groups is 1. The van der Waals surface area contributed by atoms with Gasteiger partial charge in [-0.1, -0.05) is 12.1 Å². The molecule has 0 bridgehead atoms. The summed E-state index contributed by atoms with van der Waals surface area (Å²) in [5.41, 5.74) is 5.00. The van der Waals surface area contributed by atoms with Crippen molar-refractivity contribution in [2.75, 3.05) is 10.6 Å². The predicted octanol–water partition coefficient (Wildman–Crippen LogP) is 3.09. The number of aromatic nitrogens is 3. The van der Waals surface area contributed by atoms with Crippen molar-refractivity contribution in [3.63, 3.8) is 0 Å². The van der Waals surface area contributed by atoms with E-state index in [1.807, 2.05) is 13.0 Å². The molecule has 5 rings (SSSR count). The van der Waals surface area contributed by atoms with Crippen LogP contribution < -0.4 is 16.0 Å². The van der Waals surface area contributed by atoms with Crippen molar-refractivity contribution >= 4 is 40.9 Å². The normalized spacial score (nSPS) is 17.6. The van der Waals surface area contributed by atoms with Crippen LogP contribution in [0.2, 0.25) is 0 Å². The molecule has 0 spiro atoms. The largest absolute Gasteiger partial charge is 0.367 e. The van der Waals surface area contributed by atoms with Gasteiger partial charge in [0, 0.05) is 28.9 Å². The van der Waals surface area contributed by atoms with Gasteiger partial charge in [0.05, 0.1) is 12.6 Å². The molecule has 0 atom stereocenters. The first kappa shape index (κ1) is 18.4. The lowest BCUT2D eigenvalue weighted by Gasteiger charge is -2.13. The number of rotatable bonds is 5. The minimum Gasteiger partial charge on any atom is -0.367 e. The van der Waals surface area contributed by atoms with E-state index in [0.717, 1.165) is 35.5 Å². The van der Waals surface area contributed by atoms with Crippen LogP contribution in [0.4, 0.5) is 17.3 Å². The van der Waals surface area contributed by atoms with E-state index in [9.17, 15) is 9.59 Å². The van der Waals surface area contributed by atoms with Gasteiger partial charge in [-0.15, -0.1) is 0 Å². The monoisotopic (exact) mass is 402 g/mol. The quantitative estimate of drug-likeness (QED) is 0.448. The zero-order valence-electron chi connectivity index (χ0n) is 16.8. The van der Waals surface area contributed by atoms with Gasteiger partial charge in [0.2, 0.25) is 5.91 Å². The molecule has 2 fully saturated rings. The lowest BCUT2D eigenvalue weighted by atomic mass is 10.1. The standard InChI is InChI=1S/C22H22N6O2/c1-12-3-4-13(2)17(7-12)25-18-10-19(24-16-5-6-16)28-21(26-18)15(11-23-28)8-14-9-20(29)27-22(14)30/h3-4,7-8,10-11,16,24H,5-6,9H2,1-2H3,(H,25,26)(H,27,29,30). The number of amides is 2. The first-order valence-electron chi connectivity index (χ1n) is 10.0. The number of fused-ring (bicyclic) bond motifs is 1. The summed E-state index contributed by atoms with van der Waals surface area (Å²) < 4.78 is 1.74. The van der Waals surface area contributed by atoms with E-state index >= 15 is 0 Å².